The summed E-state index contributed by atoms with van der Waals surface area (Å²) in [4.78, 5) is 0. The van der Waals surface area contributed by atoms with Crippen molar-refractivity contribution in [3.05, 3.63) is 47.5 Å². The van der Waals surface area contributed by atoms with Gasteiger partial charge < -0.3 is 0 Å². The van der Waals surface area contributed by atoms with E-state index in [2.05, 4.69) is 12.1 Å². The molecule has 1 aromatic carbocycles. The van der Waals surface area contributed by atoms with E-state index in [1.807, 2.05) is 18.2 Å². The van der Waals surface area contributed by atoms with Crippen molar-refractivity contribution >= 4 is 0 Å². The zero-order valence-electron chi connectivity index (χ0n) is 10.9. The van der Waals surface area contributed by atoms with E-state index in [1.54, 1.807) is 6.08 Å². The van der Waals surface area contributed by atoms with Gasteiger partial charge in [0.2, 0.25) is 0 Å². The summed E-state index contributed by atoms with van der Waals surface area (Å²) in [5.41, 5.74) is 2.56. The molecule has 104 valence electrons. The molecule has 0 radical (unpaired) electrons. The Labute approximate surface area is 112 Å². The van der Waals surface area contributed by atoms with Crippen LogP contribution in [0, 0.1) is 0 Å². The summed E-state index contributed by atoms with van der Waals surface area (Å²) in [5, 5.41) is 0. The number of allylic oxidation sites excluding steroid dienone is 2. The van der Waals surface area contributed by atoms with Crippen LogP contribution >= 0.6 is 0 Å². The van der Waals surface area contributed by atoms with Crippen molar-refractivity contribution in [1.29, 1.82) is 0 Å². The quantitative estimate of drug-likeness (QED) is 0.625. The smallest absolute Gasteiger partial charge is 0.171 e. The predicted octanol–water partition coefficient (Wildman–Crippen LogP) is 5.61. The summed E-state index contributed by atoms with van der Waals surface area (Å²) < 4.78 is 36.2. The van der Waals surface area contributed by atoms with Crippen LogP contribution in [-0.2, 0) is 0 Å². The molecule has 0 N–H and O–H groups in total. The summed E-state index contributed by atoms with van der Waals surface area (Å²) in [6.45, 7) is 0. The van der Waals surface area contributed by atoms with Crippen LogP contribution in [0.2, 0.25) is 0 Å². The lowest BCUT2D eigenvalue weighted by Crippen LogP contribution is -2.08. The van der Waals surface area contributed by atoms with Crippen molar-refractivity contribution in [2.45, 2.75) is 50.6 Å². The molecule has 1 aromatic rings. The number of benzene rings is 1. The molecule has 0 spiro atoms. The fourth-order valence-corrected chi connectivity index (χ4v) is 2.69. The van der Waals surface area contributed by atoms with Crippen molar-refractivity contribution in [1.82, 2.24) is 0 Å². The van der Waals surface area contributed by atoms with Gasteiger partial charge in [0.1, 0.15) is 0 Å². The Kier molecular flexibility index (Phi) is 4.67. The minimum atomic E-state index is -4.03. The zero-order chi connectivity index (χ0) is 13.7. The number of hydrogen-bond acceptors (Lipinski definition) is 0. The van der Waals surface area contributed by atoms with Crippen molar-refractivity contribution in [3.63, 3.8) is 0 Å². The maximum absolute atomic E-state index is 12.1. The van der Waals surface area contributed by atoms with Crippen LogP contribution in [0.1, 0.15) is 50.0 Å². The monoisotopic (exact) mass is 268 g/mol. The predicted molar refractivity (Wildman–Crippen MR) is 71.0 cm³/mol. The Morgan fingerprint density at radius 3 is 2.26 bits per heavy atom. The van der Waals surface area contributed by atoms with Crippen LogP contribution in [0.3, 0.4) is 0 Å². The highest BCUT2D eigenvalue weighted by Crippen LogP contribution is 2.35. The Morgan fingerprint density at radius 1 is 1.05 bits per heavy atom. The number of halogens is 3. The minimum Gasteiger partial charge on any atom is -0.171 e. The van der Waals surface area contributed by atoms with Gasteiger partial charge in [-0.3, -0.25) is 0 Å². The second-order valence-corrected chi connectivity index (χ2v) is 5.20. The summed E-state index contributed by atoms with van der Waals surface area (Å²) in [7, 11) is 0. The Bertz CT molecular complexity index is 407. The molecule has 0 atom stereocenters. The van der Waals surface area contributed by atoms with Gasteiger partial charge in [0.25, 0.3) is 0 Å². The van der Waals surface area contributed by atoms with Gasteiger partial charge in [0.15, 0.2) is 0 Å². The first-order chi connectivity index (χ1) is 9.04. The second-order valence-electron chi connectivity index (χ2n) is 5.20. The first-order valence-electron chi connectivity index (χ1n) is 6.84. The van der Waals surface area contributed by atoms with Crippen molar-refractivity contribution < 1.29 is 13.2 Å². The van der Waals surface area contributed by atoms with Crippen molar-refractivity contribution in [2.75, 3.05) is 0 Å². The molecule has 3 heteroatoms. The van der Waals surface area contributed by atoms with Gasteiger partial charge in [-0.1, -0.05) is 42.0 Å². The van der Waals surface area contributed by atoms with Gasteiger partial charge in [0.05, 0.1) is 0 Å². The molecule has 0 heterocycles. The minimum absolute atomic E-state index is 0.134. The highest BCUT2D eigenvalue weighted by Gasteiger charge is 2.26. The Hall–Kier alpha value is -1.25. The van der Waals surface area contributed by atoms with Crippen LogP contribution in [-0.4, -0.2) is 6.18 Å². The van der Waals surface area contributed by atoms with E-state index >= 15 is 0 Å². The molecular weight excluding hydrogens is 249 g/mol. The summed E-state index contributed by atoms with van der Waals surface area (Å²) >= 11 is 0. The molecular formula is C16H19F3. The third kappa shape index (κ3) is 4.73. The molecule has 19 heavy (non-hydrogen) atoms. The molecule has 0 unspecified atom stereocenters. The van der Waals surface area contributed by atoms with Crippen LogP contribution in [0.15, 0.2) is 42.0 Å². The average molecular weight is 268 g/mol. The number of rotatable bonds is 3. The van der Waals surface area contributed by atoms with E-state index in [0.29, 0.717) is 5.92 Å². The molecule has 1 aliphatic rings. The van der Waals surface area contributed by atoms with Crippen molar-refractivity contribution in [3.8, 4) is 0 Å². The van der Waals surface area contributed by atoms with E-state index < -0.39 is 12.6 Å². The molecule has 0 amide bonds. The first-order valence-corrected chi connectivity index (χ1v) is 6.84. The van der Waals surface area contributed by atoms with Crippen LogP contribution in [0.25, 0.3) is 0 Å². The van der Waals surface area contributed by atoms with E-state index in [0.717, 1.165) is 25.7 Å². The molecule has 0 bridgehead atoms. The normalized spacial score (nSPS) is 20.4. The van der Waals surface area contributed by atoms with Gasteiger partial charge in [-0.25, -0.2) is 0 Å². The third-order valence-electron chi connectivity index (χ3n) is 3.76. The zero-order valence-corrected chi connectivity index (χ0v) is 10.9. The maximum Gasteiger partial charge on any atom is 0.389 e. The fraction of sp³-hybridized carbons (Fsp3) is 0.500. The third-order valence-corrected chi connectivity index (χ3v) is 3.76. The summed E-state index contributed by atoms with van der Waals surface area (Å²) in [6, 6.07) is 10.4. The lowest BCUT2D eigenvalue weighted by Gasteiger charge is -2.24. The number of hydrogen-bond donors (Lipinski definition) is 0. The maximum atomic E-state index is 12.1. The fourth-order valence-electron chi connectivity index (χ4n) is 2.69. The van der Waals surface area contributed by atoms with E-state index in [-0.39, 0.29) is 6.42 Å². The molecule has 1 aliphatic carbocycles. The first kappa shape index (κ1) is 14.2. The van der Waals surface area contributed by atoms with Gasteiger partial charge >= 0.3 is 6.18 Å². The summed E-state index contributed by atoms with van der Waals surface area (Å²) in [6.07, 6.45) is 1.21. The molecule has 1 saturated carbocycles. The van der Waals surface area contributed by atoms with Gasteiger partial charge in [-0.05, 0) is 43.6 Å². The Balaban J connectivity index is 1.81. The number of alkyl halides is 3. The average Bonchev–Trinajstić information content (AvgIpc) is 2.39. The lowest BCUT2D eigenvalue weighted by atomic mass is 9.81. The van der Waals surface area contributed by atoms with E-state index in [4.69, 9.17) is 0 Å². The van der Waals surface area contributed by atoms with Gasteiger partial charge in [-0.15, -0.1) is 0 Å². The highest BCUT2D eigenvalue weighted by atomic mass is 19.4. The summed E-state index contributed by atoms with van der Waals surface area (Å²) in [5.74, 6) is 0.570. The molecule has 1 fully saturated rings. The Morgan fingerprint density at radius 2 is 1.68 bits per heavy atom. The van der Waals surface area contributed by atoms with Crippen molar-refractivity contribution in [2.24, 2.45) is 0 Å². The van der Waals surface area contributed by atoms with E-state index in [1.165, 1.54) is 11.1 Å². The SMILES string of the molecule is FC(F)(F)CCC=C1CCC(c2ccccc2)CC1. The van der Waals surface area contributed by atoms with E-state index in [9.17, 15) is 13.2 Å². The van der Waals surface area contributed by atoms with Crippen LogP contribution < -0.4 is 0 Å². The molecule has 0 saturated heterocycles. The molecule has 0 nitrogen and oxygen atoms in total. The molecule has 0 aromatic heterocycles. The molecule has 0 aliphatic heterocycles. The second kappa shape index (κ2) is 6.27. The van der Waals surface area contributed by atoms with Gasteiger partial charge in [-0.2, -0.15) is 13.2 Å². The molecule has 2 rings (SSSR count). The standard InChI is InChI=1S/C16H19F3/c17-16(18,19)12-4-5-13-8-10-15(11-9-13)14-6-2-1-3-7-14/h1-3,5-7,15H,4,8-12H2. The highest BCUT2D eigenvalue weighted by molar-refractivity contribution is 5.22. The lowest BCUT2D eigenvalue weighted by molar-refractivity contribution is -0.133. The largest absolute Gasteiger partial charge is 0.389 e. The van der Waals surface area contributed by atoms with Crippen LogP contribution in [0.4, 0.5) is 13.2 Å². The van der Waals surface area contributed by atoms with Crippen LogP contribution in [0.5, 0.6) is 0 Å². The topological polar surface area (TPSA) is 0 Å². The van der Waals surface area contributed by atoms with Gasteiger partial charge in [0, 0.05) is 6.42 Å².